The van der Waals surface area contributed by atoms with Crippen LogP contribution in [0.25, 0.3) is 5.57 Å². The van der Waals surface area contributed by atoms with Crippen LogP contribution >= 0.6 is 0 Å². The molecule has 0 saturated carbocycles. The van der Waals surface area contributed by atoms with Gasteiger partial charge in [0.15, 0.2) is 0 Å². The molecule has 2 aromatic carbocycles. The molecule has 0 aromatic heterocycles. The van der Waals surface area contributed by atoms with Crippen molar-refractivity contribution in [1.29, 1.82) is 0 Å². The van der Waals surface area contributed by atoms with E-state index < -0.39 is 0 Å². The number of ether oxygens (including phenoxy) is 2. The smallest absolute Gasteiger partial charge is 0.282 e. The fraction of sp³-hybridized carbons (Fsp3) is 0.333. The number of aryl methyl sites for hydroxylation is 1. The van der Waals surface area contributed by atoms with E-state index in [1.165, 1.54) is 4.90 Å². The Morgan fingerprint density at radius 3 is 2.23 bits per heavy atom. The standard InChI is InChI=1S/C24H26N2O4/c1-15-9-5-7-11-19(15)26-23(27)21(18-10-6-8-12-20(18)29-4)22(24(26)28)25-13-16(2)30-17(3)14-25/h5-12,16-17H,13-14H2,1-4H3. The predicted molar refractivity (Wildman–Crippen MR) is 115 cm³/mol. The maximum atomic E-state index is 13.7. The summed E-state index contributed by atoms with van der Waals surface area (Å²) in [5.74, 6) is -0.0794. The molecule has 6 heteroatoms. The van der Waals surface area contributed by atoms with Gasteiger partial charge in [-0.15, -0.1) is 0 Å². The minimum Gasteiger partial charge on any atom is -0.496 e. The van der Waals surface area contributed by atoms with Gasteiger partial charge in [-0.2, -0.15) is 0 Å². The molecule has 6 nitrogen and oxygen atoms in total. The topological polar surface area (TPSA) is 59.1 Å². The summed E-state index contributed by atoms with van der Waals surface area (Å²) in [5.41, 5.74) is 2.88. The van der Waals surface area contributed by atoms with Gasteiger partial charge >= 0.3 is 0 Å². The van der Waals surface area contributed by atoms with E-state index in [-0.39, 0.29) is 24.0 Å². The number of anilines is 1. The Bertz CT molecular complexity index is 1020. The first-order chi connectivity index (χ1) is 14.4. The lowest BCUT2D eigenvalue weighted by Crippen LogP contribution is -2.47. The van der Waals surface area contributed by atoms with Crippen molar-refractivity contribution in [2.45, 2.75) is 33.0 Å². The summed E-state index contributed by atoms with van der Waals surface area (Å²) < 4.78 is 11.4. The molecule has 2 atom stereocenters. The van der Waals surface area contributed by atoms with Crippen LogP contribution in [0.5, 0.6) is 5.75 Å². The summed E-state index contributed by atoms with van der Waals surface area (Å²) in [6.45, 7) is 6.94. The van der Waals surface area contributed by atoms with Gasteiger partial charge < -0.3 is 14.4 Å². The summed E-state index contributed by atoms with van der Waals surface area (Å²) in [6, 6.07) is 14.8. The van der Waals surface area contributed by atoms with Gasteiger partial charge in [0.2, 0.25) is 0 Å². The molecule has 4 rings (SSSR count). The first kappa shape index (κ1) is 20.2. The third-order valence-electron chi connectivity index (χ3n) is 5.53. The Labute approximate surface area is 176 Å². The number of carbonyl (C=O) groups excluding carboxylic acids is 2. The van der Waals surface area contributed by atoms with Gasteiger partial charge in [-0.05, 0) is 38.5 Å². The van der Waals surface area contributed by atoms with E-state index in [1.54, 1.807) is 19.2 Å². The molecule has 2 aliphatic heterocycles. The molecule has 2 unspecified atom stereocenters. The van der Waals surface area contributed by atoms with Gasteiger partial charge in [0, 0.05) is 18.7 Å². The molecule has 0 aliphatic carbocycles. The summed E-state index contributed by atoms with van der Waals surface area (Å²) in [4.78, 5) is 30.6. The summed E-state index contributed by atoms with van der Waals surface area (Å²) in [5, 5.41) is 0. The molecule has 2 heterocycles. The SMILES string of the molecule is COc1ccccc1C1=C(N2CC(C)OC(C)C2)C(=O)N(c2ccccc2C)C1=O. The Balaban J connectivity index is 1.89. The van der Waals surface area contributed by atoms with E-state index in [9.17, 15) is 9.59 Å². The average Bonchev–Trinajstić information content (AvgIpc) is 2.98. The number of rotatable bonds is 4. The number of amides is 2. The van der Waals surface area contributed by atoms with Crippen LogP contribution in [0.4, 0.5) is 5.69 Å². The van der Waals surface area contributed by atoms with E-state index in [0.717, 1.165) is 5.56 Å². The first-order valence-corrected chi connectivity index (χ1v) is 10.1. The average molecular weight is 406 g/mol. The highest BCUT2D eigenvalue weighted by atomic mass is 16.5. The summed E-state index contributed by atoms with van der Waals surface area (Å²) >= 11 is 0. The second kappa shape index (κ2) is 7.95. The van der Waals surface area contributed by atoms with Gasteiger partial charge in [-0.25, -0.2) is 4.90 Å². The van der Waals surface area contributed by atoms with Crippen LogP contribution in [0.1, 0.15) is 25.0 Å². The van der Waals surface area contributed by atoms with Crippen LogP contribution < -0.4 is 9.64 Å². The third-order valence-corrected chi connectivity index (χ3v) is 5.53. The zero-order valence-corrected chi connectivity index (χ0v) is 17.7. The highest BCUT2D eigenvalue weighted by Gasteiger charge is 2.44. The molecule has 2 amide bonds. The molecule has 0 radical (unpaired) electrons. The number of para-hydroxylation sites is 2. The fourth-order valence-electron chi connectivity index (χ4n) is 4.30. The molecule has 0 N–H and O–H groups in total. The molecule has 1 fully saturated rings. The highest BCUT2D eigenvalue weighted by Crippen LogP contribution is 2.39. The second-order valence-electron chi connectivity index (χ2n) is 7.82. The Morgan fingerprint density at radius 2 is 1.57 bits per heavy atom. The van der Waals surface area contributed by atoms with E-state index in [2.05, 4.69) is 0 Å². The zero-order valence-electron chi connectivity index (χ0n) is 17.7. The zero-order chi connectivity index (χ0) is 21.4. The van der Waals surface area contributed by atoms with Crippen LogP contribution in [0.2, 0.25) is 0 Å². The van der Waals surface area contributed by atoms with E-state index >= 15 is 0 Å². The summed E-state index contributed by atoms with van der Waals surface area (Å²) in [6.07, 6.45) is -0.0915. The Morgan fingerprint density at radius 1 is 0.933 bits per heavy atom. The van der Waals surface area contributed by atoms with E-state index in [1.807, 2.05) is 62.1 Å². The van der Waals surface area contributed by atoms with Gasteiger partial charge in [-0.1, -0.05) is 36.4 Å². The molecular weight excluding hydrogens is 380 g/mol. The minimum atomic E-state index is -0.333. The molecule has 0 spiro atoms. The lowest BCUT2D eigenvalue weighted by Gasteiger charge is -2.37. The quantitative estimate of drug-likeness (QED) is 0.729. The number of methoxy groups -OCH3 is 1. The van der Waals surface area contributed by atoms with E-state index in [0.29, 0.717) is 41.4 Å². The van der Waals surface area contributed by atoms with Crippen LogP contribution in [0.15, 0.2) is 54.2 Å². The lowest BCUT2D eigenvalue weighted by atomic mass is 10.0. The predicted octanol–water partition coefficient (Wildman–Crippen LogP) is 3.40. The second-order valence-corrected chi connectivity index (χ2v) is 7.82. The van der Waals surface area contributed by atoms with Gasteiger partial charge in [-0.3, -0.25) is 9.59 Å². The van der Waals surface area contributed by atoms with Crippen LogP contribution in [-0.2, 0) is 14.3 Å². The number of benzene rings is 2. The third kappa shape index (κ3) is 3.37. The number of nitrogens with zero attached hydrogens (tertiary/aromatic N) is 2. The monoisotopic (exact) mass is 406 g/mol. The van der Waals surface area contributed by atoms with Crippen molar-refractivity contribution < 1.29 is 19.1 Å². The molecule has 1 saturated heterocycles. The van der Waals surface area contributed by atoms with Gasteiger partial charge in [0.25, 0.3) is 11.8 Å². The van der Waals surface area contributed by atoms with Gasteiger partial charge in [0.1, 0.15) is 11.4 Å². The summed E-state index contributed by atoms with van der Waals surface area (Å²) in [7, 11) is 1.57. The van der Waals surface area contributed by atoms with Crippen molar-refractivity contribution in [3.8, 4) is 5.75 Å². The van der Waals surface area contributed by atoms with Crippen molar-refractivity contribution in [1.82, 2.24) is 4.90 Å². The molecular formula is C24H26N2O4. The molecule has 0 bridgehead atoms. The van der Waals surface area contributed by atoms with Crippen molar-refractivity contribution in [2.24, 2.45) is 0 Å². The fourth-order valence-corrected chi connectivity index (χ4v) is 4.30. The Kier molecular flexibility index (Phi) is 5.35. The van der Waals surface area contributed by atoms with Crippen molar-refractivity contribution in [2.75, 3.05) is 25.1 Å². The number of imide groups is 1. The molecule has 2 aliphatic rings. The van der Waals surface area contributed by atoms with Crippen LogP contribution in [0, 0.1) is 6.92 Å². The normalized spacial score (nSPS) is 22.1. The maximum Gasteiger partial charge on any atom is 0.282 e. The molecule has 2 aromatic rings. The van der Waals surface area contributed by atoms with Crippen molar-refractivity contribution in [3.05, 3.63) is 65.4 Å². The minimum absolute atomic E-state index is 0.0458. The number of morpholine rings is 1. The highest BCUT2D eigenvalue weighted by molar-refractivity contribution is 6.45. The van der Waals surface area contributed by atoms with Crippen molar-refractivity contribution in [3.63, 3.8) is 0 Å². The van der Waals surface area contributed by atoms with Gasteiger partial charge in [0.05, 0.1) is 30.6 Å². The lowest BCUT2D eigenvalue weighted by molar-refractivity contribution is -0.121. The molecule has 30 heavy (non-hydrogen) atoms. The Hall–Kier alpha value is -3.12. The van der Waals surface area contributed by atoms with Crippen LogP contribution in [0.3, 0.4) is 0 Å². The molecule has 156 valence electrons. The first-order valence-electron chi connectivity index (χ1n) is 10.1. The number of hydrogen-bond acceptors (Lipinski definition) is 5. The number of carbonyl (C=O) groups is 2. The largest absolute Gasteiger partial charge is 0.496 e. The van der Waals surface area contributed by atoms with Crippen LogP contribution in [-0.4, -0.2) is 49.1 Å². The maximum absolute atomic E-state index is 13.7. The number of hydrogen-bond donors (Lipinski definition) is 0. The van der Waals surface area contributed by atoms with Crippen molar-refractivity contribution >= 4 is 23.1 Å². The van der Waals surface area contributed by atoms with E-state index in [4.69, 9.17) is 9.47 Å².